The molecular weight excluding hydrogens is 426 g/mol. The smallest absolute Gasteiger partial charge is 0.270 e. The molecular formula is C24H16ClN5O2. The summed E-state index contributed by atoms with van der Waals surface area (Å²) in [6.07, 6.45) is 1.58. The van der Waals surface area contributed by atoms with Crippen LogP contribution in [0.2, 0.25) is 5.02 Å². The molecule has 4 aromatic rings. The lowest BCUT2D eigenvalue weighted by Gasteiger charge is -2.06. The molecule has 8 heteroatoms. The van der Waals surface area contributed by atoms with Crippen LogP contribution in [0.5, 0.6) is 11.5 Å². The van der Waals surface area contributed by atoms with Crippen molar-refractivity contribution in [2.24, 2.45) is 5.10 Å². The molecule has 0 amide bonds. The van der Waals surface area contributed by atoms with Gasteiger partial charge in [0.15, 0.2) is 0 Å². The highest BCUT2D eigenvalue weighted by Gasteiger charge is 2.12. The van der Waals surface area contributed by atoms with E-state index in [1.54, 1.807) is 42.6 Å². The number of H-pyrrole nitrogens is 1. The molecule has 0 aliphatic rings. The van der Waals surface area contributed by atoms with Crippen LogP contribution in [0.3, 0.4) is 0 Å². The molecule has 0 bridgehead atoms. The van der Waals surface area contributed by atoms with Gasteiger partial charge >= 0.3 is 0 Å². The fourth-order valence-corrected chi connectivity index (χ4v) is 2.99. The monoisotopic (exact) mass is 441 g/mol. The molecule has 0 spiro atoms. The van der Waals surface area contributed by atoms with Gasteiger partial charge in [-0.1, -0.05) is 41.9 Å². The van der Waals surface area contributed by atoms with Crippen molar-refractivity contribution in [1.29, 1.82) is 5.26 Å². The summed E-state index contributed by atoms with van der Waals surface area (Å²) in [5.41, 5.74) is 3.87. The minimum atomic E-state index is -0.539. The number of rotatable bonds is 6. The molecule has 0 aliphatic carbocycles. The van der Waals surface area contributed by atoms with E-state index in [4.69, 9.17) is 16.3 Å². The van der Waals surface area contributed by atoms with Gasteiger partial charge in [0, 0.05) is 10.6 Å². The van der Waals surface area contributed by atoms with Gasteiger partial charge in [0.1, 0.15) is 23.1 Å². The van der Waals surface area contributed by atoms with Crippen molar-refractivity contribution in [2.45, 2.75) is 0 Å². The van der Waals surface area contributed by atoms with E-state index in [2.05, 4.69) is 20.5 Å². The summed E-state index contributed by atoms with van der Waals surface area (Å²) in [5, 5.41) is 14.1. The Bertz CT molecular complexity index is 1340. The number of hydrogen-bond acceptors (Lipinski definition) is 6. The third kappa shape index (κ3) is 5.01. The fraction of sp³-hybridized carbons (Fsp3) is 0. The molecule has 0 saturated carbocycles. The lowest BCUT2D eigenvalue weighted by molar-refractivity contribution is 0.482. The van der Waals surface area contributed by atoms with Gasteiger partial charge in [-0.2, -0.15) is 10.4 Å². The van der Waals surface area contributed by atoms with Gasteiger partial charge in [-0.3, -0.25) is 9.78 Å². The number of aromatic amines is 1. The number of aromatic nitrogens is 2. The molecule has 3 aromatic carbocycles. The zero-order valence-corrected chi connectivity index (χ0v) is 17.4. The Morgan fingerprint density at radius 1 is 1.00 bits per heavy atom. The number of hydrazone groups is 1. The number of halogens is 1. The predicted molar refractivity (Wildman–Crippen MR) is 124 cm³/mol. The number of hydrogen-bond donors (Lipinski definition) is 2. The van der Waals surface area contributed by atoms with Crippen molar-refractivity contribution in [2.75, 3.05) is 5.43 Å². The summed E-state index contributed by atoms with van der Waals surface area (Å²) in [7, 11) is 0. The van der Waals surface area contributed by atoms with Crippen LogP contribution in [-0.2, 0) is 0 Å². The SMILES string of the molecule is N#Cc1c(-c2ccccc2)nc(NN=Cc2ccc(Oc3ccc(Cl)cc3)cc2)[nH]c1=O. The Hall–Kier alpha value is -4.41. The van der Waals surface area contributed by atoms with Crippen LogP contribution in [0.25, 0.3) is 11.3 Å². The van der Waals surface area contributed by atoms with Crippen LogP contribution in [0.1, 0.15) is 11.1 Å². The Morgan fingerprint density at radius 3 is 2.31 bits per heavy atom. The number of benzene rings is 3. The van der Waals surface area contributed by atoms with Crippen LogP contribution in [0, 0.1) is 11.3 Å². The molecule has 0 fully saturated rings. The molecule has 0 atom stereocenters. The molecule has 4 rings (SSSR count). The van der Waals surface area contributed by atoms with Gasteiger partial charge in [0.05, 0.1) is 11.9 Å². The van der Waals surface area contributed by atoms with Crippen LogP contribution in [0.4, 0.5) is 5.95 Å². The van der Waals surface area contributed by atoms with Crippen LogP contribution in [-0.4, -0.2) is 16.2 Å². The lowest BCUT2D eigenvalue weighted by atomic mass is 10.1. The number of nitrogens with one attached hydrogen (secondary N) is 2. The van der Waals surface area contributed by atoms with Crippen molar-refractivity contribution >= 4 is 23.8 Å². The van der Waals surface area contributed by atoms with Crippen molar-refractivity contribution in [3.8, 4) is 28.8 Å². The maximum Gasteiger partial charge on any atom is 0.270 e. The first-order chi connectivity index (χ1) is 15.6. The zero-order chi connectivity index (χ0) is 22.3. The Morgan fingerprint density at radius 2 is 1.66 bits per heavy atom. The van der Waals surface area contributed by atoms with Gasteiger partial charge in [-0.15, -0.1) is 0 Å². The summed E-state index contributed by atoms with van der Waals surface area (Å²) in [5.74, 6) is 1.48. The minimum absolute atomic E-state index is 0.0537. The molecule has 1 heterocycles. The third-order valence-electron chi connectivity index (χ3n) is 4.39. The van der Waals surface area contributed by atoms with Gasteiger partial charge < -0.3 is 4.74 Å². The van der Waals surface area contributed by atoms with E-state index in [1.807, 2.05) is 48.5 Å². The van der Waals surface area contributed by atoms with E-state index in [0.29, 0.717) is 27.8 Å². The second-order valence-corrected chi connectivity index (χ2v) is 7.05. The summed E-state index contributed by atoms with van der Waals surface area (Å²) in [4.78, 5) is 19.1. The average Bonchev–Trinajstić information content (AvgIpc) is 2.82. The Balaban J connectivity index is 1.47. The highest BCUT2D eigenvalue weighted by Crippen LogP contribution is 2.23. The Kier molecular flexibility index (Phi) is 6.25. The quantitative estimate of drug-likeness (QED) is 0.316. The third-order valence-corrected chi connectivity index (χ3v) is 4.64. The van der Waals surface area contributed by atoms with Gasteiger partial charge in [0.25, 0.3) is 5.56 Å². The number of nitrogens with zero attached hydrogens (tertiary/aromatic N) is 3. The van der Waals surface area contributed by atoms with E-state index in [1.165, 1.54) is 0 Å². The zero-order valence-electron chi connectivity index (χ0n) is 16.6. The lowest BCUT2D eigenvalue weighted by Crippen LogP contribution is -2.16. The van der Waals surface area contributed by atoms with Crippen LogP contribution < -0.4 is 15.7 Å². The van der Waals surface area contributed by atoms with Crippen molar-refractivity contribution in [3.63, 3.8) is 0 Å². The molecule has 32 heavy (non-hydrogen) atoms. The molecule has 0 radical (unpaired) electrons. The molecule has 0 aliphatic heterocycles. The highest BCUT2D eigenvalue weighted by molar-refractivity contribution is 6.30. The first-order valence-corrected chi connectivity index (χ1v) is 9.92. The number of anilines is 1. The first-order valence-electron chi connectivity index (χ1n) is 9.55. The second kappa shape index (κ2) is 9.60. The highest BCUT2D eigenvalue weighted by atomic mass is 35.5. The molecule has 0 unspecified atom stereocenters. The average molecular weight is 442 g/mol. The molecule has 156 valence electrons. The van der Waals surface area contributed by atoms with E-state index in [0.717, 1.165) is 5.56 Å². The summed E-state index contributed by atoms with van der Waals surface area (Å²) in [6, 6.07) is 25.3. The largest absolute Gasteiger partial charge is 0.457 e. The fourth-order valence-electron chi connectivity index (χ4n) is 2.86. The molecule has 2 N–H and O–H groups in total. The predicted octanol–water partition coefficient (Wildman–Crippen LogP) is 5.20. The van der Waals surface area contributed by atoms with Gasteiger partial charge in [-0.25, -0.2) is 10.4 Å². The number of nitriles is 1. The van der Waals surface area contributed by atoms with Gasteiger partial charge in [0.2, 0.25) is 5.95 Å². The Labute approximate surface area is 188 Å². The van der Waals surface area contributed by atoms with E-state index < -0.39 is 5.56 Å². The summed E-state index contributed by atoms with van der Waals surface area (Å²) >= 11 is 5.88. The summed E-state index contributed by atoms with van der Waals surface area (Å²) in [6.45, 7) is 0. The van der Waals surface area contributed by atoms with E-state index >= 15 is 0 Å². The van der Waals surface area contributed by atoms with Crippen LogP contribution in [0.15, 0.2) is 88.8 Å². The van der Waals surface area contributed by atoms with Crippen molar-refractivity contribution < 1.29 is 4.74 Å². The maximum atomic E-state index is 12.3. The normalized spacial score (nSPS) is 10.6. The maximum absolute atomic E-state index is 12.3. The minimum Gasteiger partial charge on any atom is -0.457 e. The number of ether oxygens (including phenoxy) is 1. The standard InChI is InChI=1S/C24H16ClN5O2/c25-18-8-12-20(13-9-18)32-19-10-6-16(7-11-19)15-27-30-24-28-22(17-4-2-1-3-5-17)21(14-26)23(31)29-24/h1-13,15H,(H2,28,29,30,31). The van der Waals surface area contributed by atoms with Crippen molar-refractivity contribution in [1.82, 2.24) is 9.97 Å². The van der Waals surface area contributed by atoms with Crippen molar-refractivity contribution in [3.05, 3.63) is 105 Å². The molecule has 0 saturated heterocycles. The first kappa shape index (κ1) is 20.8. The van der Waals surface area contributed by atoms with Crippen LogP contribution >= 0.6 is 11.6 Å². The molecule has 7 nitrogen and oxygen atoms in total. The second-order valence-electron chi connectivity index (χ2n) is 6.61. The van der Waals surface area contributed by atoms with Gasteiger partial charge in [-0.05, 0) is 54.1 Å². The van der Waals surface area contributed by atoms with E-state index in [9.17, 15) is 10.1 Å². The van der Waals surface area contributed by atoms with E-state index in [-0.39, 0.29) is 11.5 Å². The topological polar surface area (TPSA) is 103 Å². The molecule has 1 aromatic heterocycles. The summed E-state index contributed by atoms with van der Waals surface area (Å²) < 4.78 is 5.76.